The highest BCUT2D eigenvalue weighted by molar-refractivity contribution is 6.30. The van der Waals surface area contributed by atoms with E-state index in [4.69, 9.17) is 11.6 Å². The van der Waals surface area contributed by atoms with Crippen LogP contribution in [0.1, 0.15) is 32.0 Å². The Balaban J connectivity index is 2.37. The first kappa shape index (κ1) is 9.46. The van der Waals surface area contributed by atoms with Crippen LogP contribution in [-0.2, 0) is 6.42 Å². The second kappa shape index (κ2) is 5.09. The lowest BCUT2D eigenvalue weighted by Crippen LogP contribution is -1.93. The number of unbranched alkanes of at least 4 members (excludes halogenated alkanes) is 2. The largest absolute Gasteiger partial charge is 0.240 e. The summed E-state index contributed by atoms with van der Waals surface area (Å²) in [4.78, 5) is 8.21. The molecule has 0 fully saturated rings. The van der Waals surface area contributed by atoms with E-state index >= 15 is 0 Å². The fraction of sp³-hybridized carbons (Fsp3) is 0.556. The molecule has 0 aliphatic rings. The van der Waals surface area contributed by atoms with E-state index in [0.717, 1.165) is 18.7 Å². The minimum Gasteiger partial charge on any atom is -0.240 e. The van der Waals surface area contributed by atoms with Crippen molar-refractivity contribution in [3.8, 4) is 0 Å². The van der Waals surface area contributed by atoms with E-state index in [2.05, 4.69) is 16.9 Å². The van der Waals surface area contributed by atoms with Gasteiger partial charge in [-0.3, -0.25) is 0 Å². The molecule has 0 saturated carbocycles. The summed E-state index contributed by atoms with van der Waals surface area (Å²) in [5, 5.41) is 0.606. The molecule has 1 rings (SSSR count). The van der Waals surface area contributed by atoms with Gasteiger partial charge in [-0.1, -0.05) is 31.4 Å². The van der Waals surface area contributed by atoms with Crippen molar-refractivity contribution in [1.29, 1.82) is 0 Å². The molecular weight excluding hydrogens is 172 g/mol. The summed E-state index contributed by atoms with van der Waals surface area (Å²) in [6, 6.07) is 0. The summed E-state index contributed by atoms with van der Waals surface area (Å²) in [6.45, 7) is 2.18. The molecule has 0 aliphatic heterocycles. The Morgan fingerprint density at radius 3 is 2.50 bits per heavy atom. The zero-order chi connectivity index (χ0) is 8.81. The molecule has 12 heavy (non-hydrogen) atoms. The van der Waals surface area contributed by atoms with Crippen LogP contribution in [-0.4, -0.2) is 9.97 Å². The summed E-state index contributed by atoms with van der Waals surface area (Å²) in [6.07, 6.45) is 7.90. The molecule has 1 heterocycles. The second-order valence-electron chi connectivity index (χ2n) is 2.77. The van der Waals surface area contributed by atoms with Crippen molar-refractivity contribution in [3.05, 3.63) is 23.2 Å². The Labute approximate surface area is 78.0 Å². The van der Waals surface area contributed by atoms with E-state index in [-0.39, 0.29) is 0 Å². The molecular formula is C9H13ClN2. The van der Waals surface area contributed by atoms with E-state index in [1.807, 2.05) is 0 Å². The standard InChI is InChI=1S/C9H13ClN2/c1-2-3-4-5-9-11-6-8(10)7-12-9/h6-7H,2-5H2,1H3. The maximum atomic E-state index is 5.65. The van der Waals surface area contributed by atoms with Gasteiger partial charge in [-0.05, 0) is 6.42 Å². The summed E-state index contributed by atoms with van der Waals surface area (Å²) >= 11 is 5.65. The lowest BCUT2D eigenvalue weighted by molar-refractivity contribution is 0.693. The highest BCUT2D eigenvalue weighted by Gasteiger charge is 1.95. The molecule has 3 heteroatoms. The SMILES string of the molecule is CCCCCc1ncc(Cl)cn1. The van der Waals surface area contributed by atoms with Crippen LogP contribution in [0.2, 0.25) is 5.02 Å². The molecule has 0 saturated heterocycles. The summed E-state index contributed by atoms with van der Waals surface area (Å²) in [7, 11) is 0. The van der Waals surface area contributed by atoms with Crippen LogP contribution in [0.15, 0.2) is 12.4 Å². The summed E-state index contributed by atoms with van der Waals surface area (Å²) in [5.74, 6) is 0.896. The third-order valence-corrected chi connectivity index (χ3v) is 1.87. The number of hydrogen-bond acceptors (Lipinski definition) is 2. The molecule has 2 nitrogen and oxygen atoms in total. The summed E-state index contributed by atoms with van der Waals surface area (Å²) < 4.78 is 0. The Bertz CT molecular complexity index is 220. The van der Waals surface area contributed by atoms with Crippen LogP contribution < -0.4 is 0 Å². The number of aromatic nitrogens is 2. The maximum absolute atomic E-state index is 5.65. The topological polar surface area (TPSA) is 25.8 Å². The predicted molar refractivity (Wildman–Crippen MR) is 50.3 cm³/mol. The predicted octanol–water partition coefficient (Wildman–Crippen LogP) is 2.86. The van der Waals surface area contributed by atoms with Gasteiger partial charge in [0.25, 0.3) is 0 Å². The summed E-state index contributed by atoms with van der Waals surface area (Å²) in [5.41, 5.74) is 0. The molecule has 66 valence electrons. The van der Waals surface area contributed by atoms with E-state index < -0.39 is 0 Å². The molecule has 1 aromatic rings. The van der Waals surface area contributed by atoms with Crippen molar-refractivity contribution in [2.45, 2.75) is 32.6 Å². The molecule has 0 N–H and O–H groups in total. The first-order valence-corrected chi connectivity index (χ1v) is 4.67. The second-order valence-corrected chi connectivity index (χ2v) is 3.21. The molecule has 1 aromatic heterocycles. The normalized spacial score (nSPS) is 10.2. The van der Waals surface area contributed by atoms with Crippen LogP contribution in [0.4, 0.5) is 0 Å². The average molecular weight is 185 g/mol. The third kappa shape index (κ3) is 3.18. The Hall–Kier alpha value is -0.630. The van der Waals surface area contributed by atoms with Gasteiger partial charge < -0.3 is 0 Å². The van der Waals surface area contributed by atoms with Crippen LogP contribution >= 0.6 is 11.6 Å². The minimum absolute atomic E-state index is 0.606. The lowest BCUT2D eigenvalue weighted by atomic mass is 10.2. The Morgan fingerprint density at radius 2 is 1.92 bits per heavy atom. The number of hydrogen-bond donors (Lipinski definition) is 0. The smallest absolute Gasteiger partial charge is 0.128 e. The van der Waals surface area contributed by atoms with Gasteiger partial charge in [0.05, 0.1) is 5.02 Å². The monoisotopic (exact) mass is 184 g/mol. The highest BCUT2D eigenvalue weighted by Crippen LogP contribution is 2.05. The van der Waals surface area contributed by atoms with Crippen molar-refractivity contribution >= 4 is 11.6 Å². The van der Waals surface area contributed by atoms with Crippen LogP contribution in [0, 0.1) is 0 Å². The number of rotatable bonds is 4. The molecule has 0 radical (unpaired) electrons. The third-order valence-electron chi connectivity index (χ3n) is 1.68. The van der Waals surface area contributed by atoms with E-state index in [1.165, 1.54) is 12.8 Å². The Kier molecular flexibility index (Phi) is 4.01. The zero-order valence-corrected chi connectivity index (χ0v) is 8.01. The Morgan fingerprint density at radius 1 is 1.25 bits per heavy atom. The number of halogens is 1. The first-order valence-electron chi connectivity index (χ1n) is 4.29. The van der Waals surface area contributed by atoms with Crippen molar-refractivity contribution < 1.29 is 0 Å². The highest BCUT2D eigenvalue weighted by atomic mass is 35.5. The van der Waals surface area contributed by atoms with Crippen molar-refractivity contribution in [2.24, 2.45) is 0 Å². The molecule has 0 bridgehead atoms. The molecule has 0 spiro atoms. The van der Waals surface area contributed by atoms with Crippen molar-refractivity contribution in [1.82, 2.24) is 9.97 Å². The van der Waals surface area contributed by atoms with Gasteiger partial charge in [-0.25, -0.2) is 9.97 Å². The van der Waals surface area contributed by atoms with E-state index in [9.17, 15) is 0 Å². The van der Waals surface area contributed by atoms with Gasteiger partial charge in [0.1, 0.15) is 5.82 Å². The fourth-order valence-electron chi connectivity index (χ4n) is 1.00. The van der Waals surface area contributed by atoms with Gasteiger partial charge in [0, 0.05) is 18.8 Å². The molecule has 0 atom stereocenters. The van der Waals surface area contributed by atoms with Gasteiger partial charge in [0.15, 0.2) is 0 Å². The van der Waals surface area contributed by atoms with Crippen molar-refractivity contribution in [3.63, 3.8) is 0 Å². The molecule has 0 amide bonds. The average Bonchev–Trinajstić information content (AvgIpc) is 2.09. The number of nitrogens with zero attached hydrogens (tertiary/aromatic N) is 2. The van der Waals surface area contributed by atoms with Gasteiger partial charge >= 0.3 is 0 Å². The maximum Gasteiger partial charge on any atom is 0.128 e. The quantitative estimate of drug-likeness (QED) is 0.673. The van der Waals surface area contributed by atoms with E-state index in [1.54, 1.807) is 12.4 Å². The number of aryl methyl sites for hydroxylation is 1. The van der Waals surface area contributed by atoms with Crippen molar-refractivity contribution in [2.75, 3.05) is 0 Å². The van der Waals surface area contributed by atoms with E-state index in [0.29, 0.717) is 5.02 Å². The molecule has 0 aliphatic carbocycles. The van der Waals surface area contributed by atoms with Gasteiger partial charge in [-0.15, -0.1) is 0 Å². The van der Waals surface area contributed by atoms with Gasteiger partial charge in [-0.2, -0.15) is 0 Å². The molecule has 0 unspecified atom stereocenters. The molecule has 0 aromatic carbocycles. The fourth-order valence-corrected chi connectivity index (χ4v) is 1.10. The minimum atomic E-state index is 0.606. The van der Waals surface area contributed by atoms with Crippen LogP contribution in [0.25, 0.3) is 0 Å². The van der Waals surface area contributed by atoms with Crippen LogP contribution in [0.5, 0.6) is 0 Å². The first-order chi connectivity index (χ1) is 5.83. The lowest BCUT2D eigenvalue weighted by Gasteiger charge is -1.97. The van der Waals surface area contributed by atoms with Crippen LogP contribution in [0.3, 0.4) is 0 Å². The zero-order valence-electron chi connectivity index (χ0n) is 7.26. The van der Waals surface area contributed by atoms with Gasteiger partial charge in [0.2, 0.25) is 0 Å².